The molecule has 29 heavy (non-hydrogen) atoms. The highest BCUT2D eigenvalue weighted by Gasteiger charge is 2.04. The van der Waals surface area contributed by atoms with Gasteiger partial charge in [-0.05, 0) is 56.1 Å². The molecule has 0 fully saturated rings. The molecule has 0 spiro atoms. The van der Waals surface area contributed by atoms with Gasteiger partial charge in [-0.3, -0.25) is 14.3 Å². The summed E-state index contributed by atoms with van der Waals surface area (Å²) in [5.74, 6) is 1.27. The van der Waals surface area contributed by atoms with E-state index in [4.69, 9.17) is 21.1 Å². The summed E-state index contributed by atoms with van der Waals surface area (Å²) in [6, 6.07) is 14.2. The van der Waals surface area contributed by atoms with Crippen LogP contribution in [-0.2, 0) is 6.61 Å². The summed E-state index contributed by atoms with van der Waals surface area (Å²) >= 11 is 5.82. The number of benzene rings is 1. The van der Waals surface area contributed by atoms with Crippen LogP contribution in [-0.4, -0.2) is 41.2 Å². The Hall–Kier alpha value is -2.83. The van der Waals surface area contributed by atoms with Crippen LogP contribution in [0.3, 0.4) is 0 Å². The second kappa shape index (κ2) is 10.1. The second-order valence-corrected chi connectivity index (χ2v) is 7.00. The van der Waals surface area contributed by atoms with Crippen molar-refractivity contribution in [1.29, 1.82) is 0 Å². The van der Waals surface area contributed by atoms with E-state index >= 15 is 0 Å². The predicted octanol–water partition coefficient (Wildman–Crippen LogP) is 3.80. The summed E-state index contributed by atoms with van der Waals surface area (Å²) in [5.41, 5.74) is 1.32. The third kappa shape index (κ3) is 6.07. The van der Waals surface area contributed by atoms with E-state index in [0.29, 0.717) is 17.4 Å². The summed E-state index contributed by atoms with van der Waals surface area (Å²) < 4.78 is 12.9. The molecule has 0 radical (unpaired) electrons. The zero-order valence-corrected chi connectivity index (χ0v) is 17.3. The van der Waals surface area contributed by atoms with Crippen LogP contribution in [0.15, 0.2) is 65.7 Å². The zero-order chi connectivity index (χ0) is 20.6. The minimum atomic E-state index is -0.176. The third-order valence-electron chi connectivity index (χ3n) is 4.46. The van der Waals surface area contributed by atoms with Gasteiger partial charge in [0, 0.05) is 30.7 Å². The van der Waals surface area contributed by atoms with Crippen LogP contribution in [0.1, 0.15) is 12.6 Å². The zero-order valence-electron chi connectivity index (χ0n) is 16.5. The number of aromatic nitrogens is 2. The largest absolute Gasteiger partial charge is 0.492 e. The summed E-state index contributed by atoms with van der Waals surface area (Å²) in [7, 11) is 2.05. The molecular weight excluding hydrogens is 390 g/mol. The molecule has 0 atom stereocenters. The Balaban J connectivity index is 1.60. The highest BCUT2D eigenvalue weighted by atomic mass is 35.5. The SMILES string of the molecule is CCN(C)CCOc1ccc(-n2ccc(OCc3ccc(Cl)cn3)cc2=O)cc1. The molecule has 7 heteroatoms. The highest BCUT2D eigenvalue weighted by molar-refractivity contribution is 6.30. The second-order valence-electron chi connectivity index (χ2n) is 6.57. The molecule has 0 aliphatic heterocycles. The molecule has 0 saturated heterocycles. The maximum atomic E-state index is 12.5. The molecule has 1 aromatic carbocycles. The molecule has 2 aromatic heterocycles. The van der Waals surface area contributed by atoms with Crippen LogP contribution in [0.5, 0.6) is 11.5 Å². The van der Waals surface area contributed by atoms with Gasteiger partial charge < -0.3 is 14.4 Å². The maximum absolute atomic E-state index is 12.5. The van der Waals surface area contributed by atoms with E-state index in [1.165, 1.54) is 6.07 Å². The molecule has 0 bridgehead atoms. The van der Waals surface area contributed by atoms with Crippen molar-refractivity contribution in [1.82, 2.24) is 14.5 Å². The molecule has 0 amide bonds. The van der Waals surface area contributed by atoms with Crippen molar-refractivity contribution >= 4 is 11.6 Å². The van der Waals surface area contributed by atoms with E-state index < -0.39 is 0 Å². The average Bonchev–Trinajstić information content (AvgIpc) is 2.74. The van der Waals surface area contributed by atoms with Crippen molar-refractivity contribution in [3.8, 4) is 17.2 Å². The van der Waals surface area contributed by atoms with E-state index in [-0.39, 0.29) is 12.2 Å². The number of hydrogen-bond acceptors (Lipinski definition) is 5. The van der Waals surface area contributed by atoms with Gasteiger partial charge in [-0.15, -0.1) is 0 Å². The van der Waals surface area contributed by atoms with Gasteiger partial charge in [-0.1, -0.05) is 18.5 Å². The van der Waals surface area contributed by atoms with Gasteiger partial charge in [0.25, 0.3) is 5.56 Å². The first kappa shape index (κ1) is 20.9. The number of nitrogens with zero attached hydrogens (tertiary/aromatic N) is 3. The lowest BCUT2D eigenvalue weighted by Gasteiger charge is -2.14. The fourth-order valence-corrected chi connectivity index (χ4v) is 2.71. The molecule has 0 unspecified atom stereocenters. The number of rotatable bonds is 9. The Bertz CT molecular complexity index is 972. The van der Waals surface area contributed by atoms with Crippen molar-refractivity contribution in [3.63, 3.8) is 0 Å². The van der Waals surface area contributed by atoms with Crippen molar-refractivity contribution in [2.24, 2.45) is 0 Å². The Morgan fingerprint density at radius 2 is 1.86 bits per heavy atom. The molecule has 2 heterocycles. The molecule has 152 valence electrons. The minimum absolute atomic E-state index is 0.176. The maximum Gasteiger partial charge on any atom is 0.258 e. The fourth-order valence-electron chi connectivity index (χ4n) is 2.59. The van der Waals surface area contributed by atoms with Gasteiger partial charge in [-0.25, -0.2) is 0 Å². The molecule has 3 rings (SSSR count). The average molecular weight is 414 g/mol. The van der Waals surface area contributed by atoms with Crippen LogP contribution >= 0.6 is 11.6 Å². The van der Waals surface area contributed by atoms with Crippen molar-refractivity contribution in [3.05, 3.63) is 82.0 Å². The first-order valence-corrected chi connectivity index (χ1v) is 9.80. The van der Waals surface area contributed by atoms with Gasteiger partial charge in [0.2, 0.25) is 0 Å². The van der Waals surface area contributed by atoms with Gasteiger partial charge in [0.1, 0.15) is 24.7 Å². The van der Waals surface area contributed by atoms with Crippen LogP contribution < -0.4 is 15.0 Å². The third-order valence-corrected chi connectivity index (χ3v) is 4.69. The lowest BCUT2D eigenvalue weighted by molar-refractivity contribution is 0.244. The lowest BCUT2D eigenvalue weighted by Crippen LogP contribution is -2.23. The molecule has 0 N–H and O–H groups in total. The smallest absolute Gasteiger partial charge is 0.258 e. The quantitative estimate of drug-likeness (QED) is 0.534. The first-order valence-electron chi connectivity index (χ1n) is 9.43. The van der Waals surface area contributed by atoms with Crippen LogP contribution in [0.2, 0.25) is 5.02 Å². The lowest BCUT2D eigenvalue weighted by atomic mass is 10.3. The van der Waals surface area contributed by atoms with Crippen molar-refractivity contribution in [2.75, 3.05) is 26.7 Å². The number of halogens is 1. The Labute approximate surface area is 175 Å². The summed E-state index contributed by atoms with van der Waals surface area (Å²) in [6.07, 6.45) is 3.26. The van der Waals surface area contributed by atoms with Gasteiger partial charge in [-0.2, -0.15) is 0 Å². The number of hydrogen-bond donors (Lipinski definition) is 0. The Morgan fingerprint density at radius 3 is 2.52 bits per heavy atom. The highest BCUT2D eigenvalue weighted by Crippen LogP contribution is 2.16. The summed E-state index contributed by atoms with van der Waals surface area (Å²) in [5, 5.41) is 0.570. The molecular formula is C22H24ClN3O3. The number of likely N-dealkylation sites (N-methyl/N-ethyl adjacent to an activating group) is 1. The molecule has 0 saturated carbocycles. The molecule has 0 aliphatic rings. The van der Waals surface area contributed by atoms with Gasteiger partial charge >= 0.3 is 0 Å². The first-order chi connectivity index (χ1) is 14.0. The normalized spacial score (nSPS) is 10.9. The van der Waals surface area contributed by atoms with Crippen LogP contribution in [0.25, 0.3) is 5.69 Å². The van der Waals surface area contributed by atoms with E-state index in [1.807, 2.05) is 24.3 Å². The van der Waals surface area contributed by atoms with Crippen LogP contribution in [0, 0.1) is 0 Å². The van der Waals surface area contributed by atoms with Gasteiger partial charge in [0.15, 0.2) is 0 Å². The summed E-state index contributed by atoms with van der Waals surface area (Å²) in [4.78, 5) is 18.8. The predicted molar refractivity (Wildman–Crippen MR) is 114 cm³/mol. The monoisotopic (exact) mass is 413 g/mol. The van der Waals surface area contributed by atoms with Crippen LogP contribution in [0.4, 0.5) is 0 Å². The fraction of sp³-hybridized carbons (Fsp3) is 0.273. The number of pyridine rings is 2. The summed E-state index contributed by atoms with van der Waals surface area (Å²) in [6.45, 7) is 4.85. The molecule has 6 nitrogen and oxygen atoms in total. The van der Waals surface area contributed by atoms with Crippen molar-refractivity contribution < 1.29 is 9.47 Å². The number of ether oxygens (including phenoxy) is 2. The van der Waals surface area contributed by atoms with Gasteiger partial charge in [0.05, 0.1) is 10.7 Å². The van der Waals surface area contributed by atoms with E-state index in [0.717, 1.165) is 30.2 Å². The van der Waals surface area contributed by atoms with Crippen molar-refractivity contribution in [2.45, 2.75) is 13.5 Å². The Morgan fingerprint density at radius 1 is 1.07 bits per heavy atom. The molecule has 3 aromatic rings. The van der Waals surface area contributed by atoms with E-state index in [2.05, 4.69) is 23.9 Å². The van der Waals surface area contributed by atoms with E-state index in [1.54, 1.807) is 35.2 Å². The Kier molecular flexibility index (Phi) is 7.27. The topological polar surface area (TPSA) is 56.6 Å². The minimum Gasteiger partial charge on any atom is -0.492 e. The molecule has 0 aliphatic carbocycles. The van der Waals surface area contributed by atoms with E-state index in [9.17, 15) is 4.79 Å². The standard InChI is InChI=1S/C22H24ClN3O3/c1-3-25(2)12-13-28-20-8-6-19(7-9-20)26-11-10-21(14-22(26)27)29-16-18-5-4-17(23)15-24-18/h4-11,14-15H,3,12-13,16H2,1-2H3.